The van der Waals surface area contributed by atoms with E-state index in [2.05, 4.69) is 45.1 Å². The van der Waals surface area contributed by atoms with Gasteiger partial charge >= 0.3 is 36.4 Å². The van der Waals surface area contributed by atoms with Crippen molar-refractivity contribution >= 4 is 17.9 Å². The lowest BCUT2D eigenvalue weighted by atomic mass is 9.77. The van der Waals surface area contributed by atoms with Crippen molar-refractivity contribution in [2.75, 3.05) is 19.6 Å². The molecule has 3 aliphatic rings. The Bertz CT molecular complexity index is 1740. The molecule has 6 rings (SSSR count). The zero-order chi connectivity index (χ0) is 40.5. The van der Waals surface area contributed by atoms with Crippen LogP contribution in [0.15, 0.2) is 59.7 Å². The number of piperidine rings is 1. The molecule has 1 saturated heterocycles. The van der Waals surface area contributed by atoms with Crippen LogP contribution < -0.4 is 5.56 Å². The summed E-state index contributed by atoms with van der Waals surface area (Å²) in [7, 11) is 0. The Hall–Kier alpha value is -5.05. The smallest absolute Gasteiger partial charge is 0.475 e. The van der Waals surface area contributed by atoms with Gasteiger partial charge in [0.1, 0.15) is 5.82 Å². The Kier molecular flexibility index (Phi) is 14.3. The summed E-state index contributed by atoms with van der Waals surface area (Å²) < 4.78 is 97.2. The lowest BCUT2D eigenvalue weighted by Crippen LogP contribution is -2.41. The second kappa shape index (κ2) is 17.9. The van der Waals surface area contributed by atoms with Crippen molar-refractivity contribution in [3.8, 4) is 0 Å². The lowest BCUT2D eigenvalue weighted by Gasteiger charge is -2.38. The number of halogens is 9. The third-order valence-electron chi connectivity index (χ3n) is 8.52. The van der Waals surface area contributed by atoms with Gasteiger partial charge in [-0.15, -0.1) is 0 Å². The van der Waals surface area contributed by atoms with Crippen LogP contribution in [0.3, 0.4) is 0 Å². The van der Waals surface area contributed by atoms with Crippen molar-refractivity contribution < 1.29 is 69.2 Å². The average molecular weight is 784 g/mol. The molecule has 0 saturated carbocycles. The minimum atomic E-state index is -5.08. The number of carbonyl (C=O) groups is 3. The van der Waals surface area contributed by atoms with Gasteiger partial charge in [0.25, 0.3) is 5.56 Å². The zero-order valence-electron chi connectivity index (χ0n) is 28.1. The van der Waals surface area contributed by atoms with Gasteiger partial charge < -0.3 is 15.3 Å². The van der Waals surface area contributed by atoms with Crippen LogP contribution >= 0.6 is 0 Å². The highest BCUT2D eigenvalue weighted by Gasteiger charge is 2.43. The molecule has 1 aromatic carbocycles. The molecule has 0 amide bonds. The predicted octanol–water partition coefficient (Wildman–Crippen LogP) is 4.94. The molecule has 0 aliphatic carbocycles. The molecule has 0 atom stereocenters. The summed E-state index contributed by atoms with van der Waals surface area (Å²) in [5, 5.41) is 21.4. The van der Waals surface area contributed by atoms with Crippen molar-refractivity contribution in [1.29, 1.82) is 0 Å². The topological polar surface area (TPSA) is 166 Å². The second-order valence-corrected chi connectivity index (χ2v) is 12.5. The Balaban J connectivity index is 0.000000307. The van der Waals surface area contributed by atoms with E-state index in [0.717, 1.165) is 82.0 Å². The van der Waals surface area contributed by atoms with Gasteiger partial charge in [-0.2, -0.15) is 39.5 Å². The third kappa shape index (κ3) is 12.8. The predicted molar refractivity (Wildman–Crippen MR) is 169 cm³/mol. The number of aliphatic carboxylic acids is 3. The fourth-order valence-corrected chi connectivity index (χ4v) is 5.89. The van der Waals surface area contributed by atoms with E-state index in [4.69, 9.17) is 34.7 Å². The Labute approximate surface area is 300 Å². The molecule has 3 N–H and O–H groups in total. The SMILES string of the molecule is O=C(O)C(F)(F)F.O=C(O)C(F)(F)F.O=C(O)C(F)(F)F.O=c1c2c(nc3n1CC1(CCN(Cc4cccnc4)CC1)C3)CCN(Cc1ccccc1)C2. The van der Waals surface area contributed by atoms with E-state index >= 15 is 0 Å². The summed E-state index contributed by atoms with van der Waals surface area (Å²) in [6.07, 6.45) is -7.39. The van der Waals surface area contributed by atoms with Crippen LogP contribution in [0, 0.1) is 5.41 Å². The molecule has 3 aromatic rings. The van der Waals surface area contributed by atoms with Gasteiger partial charge in [-0.3, -0.25) is 24.1 Å². The molecule has 2 aromatic heterocycles. The van der Waals surface area contributed by atoms with Gasteiger partial charge in [-0.1, -0.05) is 36.4 Å². The molecular formula is C33H34F9N5O7. The summed E-state index contributed by atoms with van der Waals surface area (Å²) in [4.78, 5) is 54.4. The van der Waals surface area contributed by atoms with E-state index in [1.54, 1.807) is 0 Å². The van der Waals surface area contributed by atoms with Crippen molar-refractivity contribution in [3.63, 3.8) is 0 Å². The second-order valence-electron chi connectivity index (χ2n) is 12.5. The first kappa shape index (κ1) is 43.4. The van der Waals surface area contributed by atoms with Crippen molar-refractivity contribution in [1.82, 2.24) is 24.3 Å². The number of rotatable bonds is 4. The van der Waals surface area contributed by atoms with E-state index in [1.807, 2.05) is 29.1 Å². The number of likely N-dealkylation sites (tertiary alicyclic amines) is 1. The Morgan fingerprint density at radius 2 is 1.22 bits per heavy atom. The molecule has 54 heavy (non-hydrogen) atoms. The molecule has 5 heterocycles. The Morgan fingerprint density at radius 1 is 0.722 bits per heavy atom. The normalized spacial score (nSPS) is 16.6. The summed E-state index contributed by atoms with van der Waals surface area (Å²) in [6, 6.07) is 14.7. The molecule has 0 bridgehead atoms. The summed E-state index contributed by atoms with van der Waals surface area (Å²) in [6.45, 7) is 6.50. The van der Waals surface area contributed by atoms with Gasteiger partial charge in [-0.25, -0.2) is 19.4 Å². The van der Waals surface area contributed by atoms with E-state index in [-0.39, 0.29) is 11.0 Å². The van der Waals surface area contributed by atoms with Gasteiger partial charge in [0.05, 0.1) is 11.3 Å². The largest absolute Gasteiger partial charge is 0.490 e. The minimum Gasteiger partial charge on any atom is -0.475 e. The van der Waals surface area contributed by atoms with E-state index < -0.39 is 36.4 Å². The van der Waals surface area contributed by atoms with Crippen LogP contribution in [-0.2, 0) is 53.4 Å². The number of aromatic nitrogens is 3. The average Bonchev–Trinajstić information content (AvgIpc) is 3.45. The van der Waals surface area contributed by atoms with Crippen LogP contribution in [0.1, 0.15) is 41.1 Å². The number of alkyl halides is 9. The maximum Gasteiger partial charge on any atom is 0.490 e. The molecule has 1 fully saturated rings. The standard InChI is InChI=1S/C27H31N5O.3C2HF3O2/c33-26-23-19-31(17-21-5-2-1-3-6-21)12-8-24(23)29-25-15-27(20-32(25)26)9-13-30(14-10-27)18-22-7-4-11-28-16-22;3*3-2(4,5)1(6)7/h1-7,11,16H,8-10,12-15,17-20H2;3*(H,6,7). The first-order chi connectivity index (χ1) is 25.0. The molecule has 0 unspecified atom stereocenters. The van der Waals surface area contributed by atoms with E-state index in [0.29, 0.717) is 6.54 Å². The number of carboxylic acids is 3. The molecule has 0 radical (unpaired) electrons. The highest BCUT2D eigenvalue weighted by molar-refractivity contribution is 5.73. The highest BCUT2D eigenvalue weighted by Crippen LogP contribution is 2.41. The van der Waals surface area contributed by atoms with Gasteiger partial charge in [0, 0.05) is 58.0 Å². The van der Waals surface area contributed by atoms with Crippen LogP contribution in [-0.4, -0.2) is 95.7 Å². The van der Waals surface area contributed by atoms with Crippen LogP contribution in [0.4, 0.5) is 39.5 Å². The monoisotopic (exact) mass is 783 g/mol. The Morgan fingerprint density at radius 3 is 1.70 bits per heavy atom. The number of nitrogens with zero attached hydrogens (tertiary/aromatic N) is 5. The summed E-state index contributed by atoms with van der Waals surface area (Å²) in [5.41, 5.74) is 4.94. The first-order valence-corrected chi connectivity index (χ1v) is 15.9. The zero-order valence-corrected chi connectivity index (χ0v) is 28.1. The molecule has 12 nitrogen and oxygen atoms in total. The molecule has 3 aliphatic heterocycles. The fraction of sp³-hybridized carbons (Fsp3) is 0.455. The number of benzene rings is 1. The lowest BCUT2D eigenvalue weighted by molar-refractivity contribution is -0.193. The quantitative estimate of drug-likeness (QED) is 0.307. The van der Waals surface area contributed by atoms with Crippen molar-refractivity contribution in [2.24, 2.45) is 5.41 Å². The number of carboxylic acid groups (broad SMARTS) is 3. The van der Waals surface area contributed by atoms with Crippen molar-refractivity contribution in [2.45, 2.75) is 70.4 Å². The van der Waals surface area contributed by atoms with E-state index in [1.165, 1.54) is 11.1 Å². The first-order valence-electron chi connectivity index (χ1n) is 15.9. The molecule has 21 heteroatoms. The molecule has 296 valence electrons. The van der Waals surface area contributed by atoms with Crippen LogP contribution in [0.5, 0.6) is 0 Å². The molecule has 1 spiro atoms. The van der Waals surface area contributed by atoms with Crippen LogP contribution in [0.2, 0.25) is 0 Å². The van der Waals surface area contributed by atoms with Gasteiger partial charge in [-0.05, 0) is 48.5 Å². The summed E-state index contributed by atoms with van der Waals surface area (Å²) in [5.74, 6) is -7.25. The summed E-state index contributed by atoms with van der Waals surface area (Å²) >= 11 is 0. The minimum absolute atomic E-state index is 0.193. The number of hydrogen-bond donors (Lipinski definition) is 3. The number of pyridine rings is 1. The van der Waals surface area contributed by atoms with Gasteiger partial charge in [0.15, 0.2) is 0 Å². The third-order valence-corrected chi connectivity index (χ3v) is 8.52. The molecular weight excluding hydrogens is 749 g/mol. The van der Waals surface area contributed by atoms with Crippen molar-refractivity contribution in [3.05, 3.63) is 93.4 Å². The number of hydrogen-bond acceptors (Lipinski definition) is 8. The maximum absolute atomic E-state index is 13.5. The van der Waals surface area contributed by atoms with Gasteiger partial charge in [0.2, 0.25) is 0 Å². The maximum atomic E-state index is 13.5. The highest BCUT2D eigenvalue weighted by atomic mass is 19.4. The van der Waals surface area contributed by atoms with E-state index in [9.17, 15) is 44.3 Å². The number of fused-ring (bicyclic) bond motifs is 2. The van der Waals surface area contributed by atoms with Crippen LogP contribution in [0.25, 0.3) is 0 Å². The fourth-order valence-electron chi connectivity index (χ4n) is 5.89.